The Balaban J connectivity index is 2.91. The molecule has 0 unspecified atom stereocenters. The highest BCUT2D eigenvalue weighted by atomic mass is 16.2. The van der Waals surface area contributed by atoms with Crippen molar-refractivity contribution in [2.24, 2.45) is 5.41 Å². The molecule has 1 N–H and O–H groups in total. The second-order valence-electron chi connectivity index (χ2n) is 4.13. The average molecular weight is 166 g/mol. The SMILES string of the molecule is CC1=C(CCO)C(C)(C)CC=C1. The van der Waals surface area contributed by atoms with Crippen molar-refractivity contribution in [1.82, 2.24) is 0 Å². The van der Waals surface area contributed by atoms with E-state index < -0.39 is 0 Å². The third-order valence-corrected chi connectivity index (χ3v) is 2.65. The monoisotopic (exact) mass is 166 g/mol. The van der Waals surface area contributed by atoms with Crippen LogP contribution in [0, 0.1) is 5.41 Å². The van der Waals surface area contributed by atoms with Crippen LogP contribution in [0.2, 0.25) is 0 Å². The Bertz CT molecular complexity index is 221. The van der Waals surface area contributed by atoms with Gasteiger partial charge in [-0.05, 0) is 25.2 Å². The zero-order valence-electron chi connectivity index (χ0n) is 8.22. The summed E-state index contributed by atoms with van der Waals surface area (Å²) in [6, 6.07) is 0. The molecular weight excluding hydrogens is 148 g/mol. The second kappa shape index (κ2) is 3.44. The molecule has 0 bridgehead atoms. The molecule has 0 heterocycles. The first-order valence-electron chi connectivity index (χ1n) is 4.55. The summed E-state index contributed by atoms with van der Waals surface area (Å²) in [7, 11) is 0. The van der Waals surface area contributed by atoms with Crippen molar-refractivity contribution in [1.29, 1.82) is 0 Å². The third-order valence-electron chi connectivity index (χ3n) is 2.65. The average Bonchev–Trinajstić information content (AvgIpc) is 1.97. The van der Waals surface area contributed by atoms with Gasteiger partial charge in [0.1, 0.15) is 0 Å². The number of aliphatic hydroxyl groups excluding tert-OH is 1. The normalized spacial score (nSPS) is 21.7. The molecule has 0 fully saturated rings. The van der Waals surface area contributed by atoms with E-state index in [1.807, 2.05) is 0 Å². The van der Waals surface area contributed by atoms with Gasteiger partial charge in [0.25, 0.3) is 0 Å². The van der Waals surface area contributed by atoms with Gasteiger partial charge in [0, 0.05) is 6.61 Å². The first-order chi connectivity index (χ1) is 5.58. The lowest BCUT2D eigenvalue weighted by molar-refractivity contribution is 0.283. The van der Waals surface area contributed by atoms with Gasteiger partial charge in [0.05, 0.1) is 0 Å². The molecule has 1 aliphatic carbocycles. The van der Waals surface area contributed by atoms with E-state index in [1.165, 1.54) is 11.1 Å². The van der Waals surface area contributed by atoms with E-state index in [0.717, 1.165) is 12.8 Å². The zero-order valence-corrected chi connectivity index (χ0v) is 8.22. The van der Waals surface area contributed by atoms with Gasteiger partial charge < -0.3 is 5.11 Å². The Labute approximate surface area is 74.8 Å². The van der Waals surface area contributed by atoms with Crippen molar-refractivity contribution < 1.29 is 5.11 Å². The molecule has 1 aliphatic rings. The van der Waals surface area contributed by atoms with Gasteiger partial charge in [-0.15, -0.1) is 0 Å². The molecular formula is C11H18O. The van der Waals surface area contributed by atoms with Crippen LogP contribution < -0.4 is 0 Å². The minimum absolute atomic E-state index is 0.252. The number of hydrogen-bond donors (Lipinski definition) is 1. The van der Waals surface area contributed by atoms with Gasteiger partial charge in [-0.25, -0.2) is 0 Å². The zero-order chi connectivity index (χ0) is 9.19. The van der Waals surface area contributed by atoms with Crippen molar-refractivity contribution >= 4 is 0 Å². The molecule has 0 aliphatic heterocycles. The standard InChI is InChI=1S/C11H18O/c1-9-5-4-7-11(2,3)10(9)6-8-12/h4-5,12H,6-8H2,1-3H3. The highest BCUT2D eigenvalue weighted by Crippen LogP contribution is 2.38. The summed E-state index contributed by atoms with van der Waals surface area (Å²) in [6.07, 6.45) is 6.30. The smallest absolute Gasteiger partial charge is 0.0468 e. The van der Waals surface area contributed by atoms with Crippen LogP contribution in [0.1, 0.15) is 33.6 Å². The van der Waals surface area contributed by atoms with Gasteiger partial charge in [-0.2, -0.15) is 0 Å². The minimum Gasteiger partial charge on any atom is -0.396 e. The molecule has 1 rings (SSSR count). The lowest BCUT2D eigenvalue weighted by Crippen LogP contribution is -2.18. The van der Waals surface area contributed by atoms with Gasteiger partial charge in [0.2, 0.25) is 0 Å². The second-order valence-corrected chi connectivity index (χ2v) is 4.13. The third kappa shape index (κ3) is 1.78. The Morgan fingerprint density at radius 1 is 1.50 bits per heavy atom. The number of allylic oxidation sites excluding steroid dienone is 3. The molecule has 0 aromatic heterocycles. The topological polar surface area (TPSA) is 20.2 Å². The van der Waals surface area contributed by atoms with E-state index in [1.54, 1.807) is 0 Å². The molecule has 0 spiro atoms. The van der Waals surface area contributed by atoms with E-state index in [2.05, 4.69) is 32.9 Å². The Kier molecular flexibility index (Phi) is 2.73. The van der Waals surface area contributed by atoms with Crippen molar-refractivity contribution in [3.05, 3.63) is 23.3 Å². The maximum absolute atomic E-state index is 8.91. The van der Waals surface area contributed by atoms with Crippen LogP contribution in [0.15, 0.2) is 23.3 Å². The van der Waals surface area contributed by atoms with Gasteiger partial charge >= 0.3 is 0 Å². The van der Waals surface area contributed by atoms with Crippen LogP contribution in [0.4, 0.5) is 0 Å². The predicted molar refractivity (Wildman–Crippen MR) is 51.9 cm³/mol. The molecule has 0 aromatic carbocycles. The lowest BCUT2D eigenvalue weighted by atomic mass is 9.74. The summed E-state index contributed by atoms with van der Waals surface area (Å²) < 4.78 is 0. The highest BCUT2D eigenvalue weighted by molar-refractivity contribution is 5.32. The van der Waals surface area contributed by atoms with Crippen LogP contribution in [0.5, 0.6) is 0 Å². The first-order valence-corrected chi connectivity index (χ1v) is 4.55. The molecule has 1 nitrogen and oxygen atoms in total. The van der Waals surface area contributed by atoms with E-state index in [-0.39, 0.29) is 12.0 Å². The number of hydrogen-bond acceptors (Lipinski definition) is 1. The summed E-state index contributed by atoms with van der Waals surface area (Å²) in [6.45, 7) is 6.88. The fraction of sp³-hybridized carbons (Fsp3) is 0.636. The molecule has 68 valence electrons. The highest BCUT2D eigenvalue weighted by Gasteiger charge is 2.24. The molecule has 1 heteroatoms. The summed E-state index contributed by atoms with van der Waals surface area (Å²) in [5.41, 5.74) is 2.99. The summed E-state index contributed by atoms with van der Waals surface area (Å²) in [5, 5.41) is 8.91. The molecule has 12 heavy (non-hydrogen) atoms. The van der Waals surface area contributed by atoms with Gasteiger partial charge in [-0.1, -0.05) is 37.1 Å². The van der Waals surface area contributed by atoms with Gasteiger partial charge in [0.15, 0.2) is 0 Å². The van der Waals surface area contributed by atoms with E-state index >= 15 is 0 Å². The Morgan fingerprint density at radius 3 is 2.67 bits per heavy atom. The lowest BCUT2D eigenvalue weighted by Gasteiger charge is -2.31. The maximum Gasteiger partial charge on any atom is 0.0468 e. The van der Waals surface area contributed by atoms with Crippen molar-refractivity contribution in [2.45, 2.75) is 33.6 Å². The minimum atomic E-state index is 0.252. The molecule has 0 saturated heterocycles. The summed E-state index contributed by atoms with van der Waals surface area (Å²) >= 11 is 0. The Morgan fingerprint density at radius 2 is 2.17 bits per heavy atom. The number of aliphatic hydroxyl groups is 1. The van der Waals surface area contributed by atoms with Crippen molar-refractivity contribution in [3.63, 3.8) is 0 Å². The summed E-state index contributed by atoms with van der Waals surface area (Å²) in [5.74, 6) is 0. The quantitative estimate of drug-likeness (QED) is 0.668. The maximum atomic E-state index is 8.91. The molecule has 0 atom stereocenters. The van der Waals surface area contributed by atoms with Crippen LogP contribution in [0.3, 0.4) is 0 Å². The predicted octanol–water partition coefficient (Wildman–Crippen LogP) is 2.67. The van der Waals surface area contributed by atoms with Crippen LogP contribution >= 0.6 is 0 Å². The molecule has 0 amide bonds. The van der Waals surface area contributed by atoms with Crippen LogP contribution in [-0.2, 0) is 0 Å². The molecule has 0 radical (unpaired) electrons. The van der Waals surface area contributed by atoms with Crippen molar-refractivity contribution in [2.75, 3.05) is 6.61 Å². The molecule has 0 saturated carbocycles. The van der Waals surface area contributed by atoms with Gasteiger partial charge in [-0.3, -0.25) is 0 Å². The van der Waals surface area contributed by atoms with Crippen molar-refractivity contribution in [3.8, 4) is 0 Å². The van der Waals surface area contributed by atoms with Crippen LogP contribution in [-0.4, -0.2) is 11.7 Å². The molecule has 0 aromatic rings. The van der Waals surface area contributed by atoms with E-state index in [4.69, 9.17) is 5.11 Å². The first kappa shape index (κ1) is 9.53. The van der Waals surface area contributed by atoms with Crippen LogP contribution in [0.25, 0.3) is 0 Å². The van der Waals surface area contributed by atoms with E-state index in [0.29, 0.717) is 0 Å². The van der Waals surface area contributed by atoms with E-state index in [9.17, 15) is 0 Å². The fourth-order valence-electron chi connectivity index (χ4n) is 1.94. The Hall–Kier alpha value is -0.560. The largest absolute Gasteiger partial charge is 0.396 e. The number of rotatable bonds is 2. The summed E-state index contributed by atoms with van der Waals surface area (Å²) in [4.78, 5) is 0. The fourth-order valence-corrected chi connectivity index (χ4v) is 1.94.